The van der Waals surface area contributed by atoms with Gasteiger partial charge in [-0.2, -0.15) is 4.68 Å². The number of hydrogen-bond acceptors (Lipinski definition) is 5. The van der Waals surface area contributed by atoms with Gasteiger partial charge in [0, 0.05) is 5.02 Å². The Morgan fingerprint density at radius 2 is 2.22 bits per heavy atom. The van der Waals surface area contributed by atoms with Gasteiger partial charge in [0.15, 0.2) is 5.82 Å². The molecule has 0 spiro atoms. The number of nitrogen functional groups attached to an aromatic ring is 1. The van der Waals surface area contributed by atoms with Gasteiger partial charge in [-0.25, -0.2) is 4.79 Å². The Kier molecular flexibility index (Phi) is 3.20. The Balaban J connectivity index is 2.55. The number of carbonyl (C=O) groups excluding carboxylic acids is 1. The predicted molar refractivity (Wildman–Crippen MR) is 66.9 cm³/mol. The highest BCUT2D eigenvalue weighted by Gasteiger charge is 2.19. The lowest BCUT2D eigenvalue weighted by molar-refractivity contribution is 0.0595. The molecule has 1 aromatic carbocycles. The van der Waals surface area contributed by atoms with Gasteiger partial charge in [0.2, 0.25) is 5.69 Å². The Labute approximate surface area is 108 Å². The van der Waals surface area contributed by atoms with Gasteiger partial charge in [-0.1, -0.05) is 22.9 Å². The molecule has 0 radical (unpaired) electrons. The summed E-state index contributed by atoms with van der Waals surface area (Å²) in [6, 6.07) is 5.29. The largest absolute Gasteiger partial charge is 0.464 e. The van der Waals surface area contributed by atoms with E-state index in [0.29, 0.717) is 10.7 Å². The molecule has 0 atom stereocenters. The Bertz CT molecular complexity index is 609. The number of aryl methyl sites for hydroxylation is 1. The van der Waals surface area contributed by atoms with Crippen molar-refractivity contribution in [3.8, 4) is 5.69 Å². The minimum Gasteiger partial charge on any atom is -0.464 e. The number of methoxy groups -OCH3 is 1. The van der Waals surface area contributed by atoms with Crippen molar-refractivity contribution in [2.45, 2.75) is 6.92 Å². The summed E-state index contributed by atoms with van der Waals surface area (Å²) in [5, 5.41) is 8.09. The molecular weight excluding hydrogens is 256 g/mol. The topological polar surface area (TPSA) is 83.0 Å². The van der Waals surface area contributed by atoms with Gasteiger partial charge in [-0.3, -0.25) is 0 Å². The summed E-state index contributed by atoms with van der Waals surface area (Å²) >= 11 is 5.92. The van der Waals surface area contributed by atoms with Gasteiger partial charge in [0.05, 0.1) is 12.8 Å². The van der Waals surface area contributed by atoms with Crippen molar-refractivity contribution in [1.82, 2.24) is 15.0 Å². The number of nitrogens with zero attached hydrogens (tertiary/aromatic N) is 3. The summed E-state index contributed by atoms with van der Waals surface area (Å²) in [4.78, 5) is 11.4. The average Bonchev–Trinajstić information content (AvgIpc) is 2.73. The van der Waals surface area contributed by atoms with Crippen LogP contribution in [-0.2, 0) is 4.74 Å². The second-order valence-electron chi connectivity index (χ2n) is 3.66. The number of nitrogens with two attached hydrogens (primary N) is 1. The maximum atomic E-state index is 11.4. The summed E-state index contributed by atoms with van der Waals surface area (Å²) in [5.41, 5.74) is 7.39. The van der Waals surface area contributed by atoms with Crippen molar-refractivity contribution < 1.29 is 9.53 Å². The van der Waals surface area contributed by atoms with E-state index in [9.17, 15) is 4.79 Å². The smallest absolute Gasteiger partial charge is 0.362 e. The minimum absolute atomic E-state index is 0.0168. The highest BCUT2D eigenvalue weighted by atomic mass is 35.5. The quantitative estimate of drug-likeness (QED) is 0.835. The normalized spacial score (nSPS) is 10.4. The SMILES string of the molecule is COC(=O)c1nnn(-c2cc(Cl)ccc2C)c1N. The van der Waals surface area contributed by atoms with Crippen molar-refractivity contribution in [1.29, 1.82) is 0 Å². The summed E-state index contributed by atoms with van der Waals surface area (Å²) < 4.78 is 5.91. The third-order valence-electron chi connectivity index (χ3n) is 2.48. The first-order chi connectivity index (χ1) is 8.54. The third kappa shape index (κ3) is 2.02. The van der Waals surface area contributed by atoms with Crippen molar-refractivity contribution in [3.63, 3.8) is 0 Å². The Morgan fingerprint density at radius 3 is 2.89 bits per heavy atom. The first kappa shape index (κ1) is 12.4. The second-order valence-corrected chi connectivity index (χ2v) is 4.09. The van der Waals surface area contributed by atoms with E-state index in [1.54, 1.807) is 12.1 Å². The lowest BCUT2D eigenvalue weighted by atomic mass is 10.2. The number of esters is 1. The molecule has 0 fully saturated rings. The first-order valence-electron chi connectivity index (χ1n) is 5.10. The second kappa shape index (κ2) is 4.66. The van der Waals surface area contributed by atoms with Crippen LogP contribution in [0.1, 0.15) is 16.1 Å². The van der Waals surface area contributed by atoms with Gasteiger partial charge in [0.1, 0.15) is 0 Å². The van der Waals surface area contributed by atoms with Crippen LogP contribution in [0.2, 0.25) is 5.02 Å². The van der Waals surface area contributed by atoms with E-state index in [4.69, 9.17) is 17.3 Å². The van der Waals surface area contributed by atoms with E-state index in [-0.39, 0.29) is 11.5 Å². The van der Waals surface area contributed by atoms with Crippen LogP contribution in [0.15, 0.2) is 18.2 Å². The van der Waals surface area contributed by atoms with Crippen LogP contribution in [0.5, 0.6) is 0 Å². The van der Waals surface area contributed by atoms with Crippen LogP contribution in [0.3, 0.4) is 0 Å². The summed E-state index contributed by atoms with van der Waals surface area (Å²) in [6.07, 6.45) is 0. The minimum atomic E-state index is -0.626. The number of anilines is 1. The van der Waals surface area contributed by atoms with E-state index in [2.05, 4.69) is 15.0 Å². The van der Waals surface area contributed by atoms with Crippen molar-refractivity contribution >= 4 is 23.4 Å². The van der Waals surface area contributed by atoms with E-state index in [1.165, 1.54) is 11.8 Å². The molecule has 2 rings (SSSR count). The van der Waals surface area contributed by atoms with Crippen molar-refractivity contribution in [2.24, 2.45) is 0 Å². The van der Waals surface area contributed by atoms with Gasteiger partial charge >= 0.3 is 5.97 Å². The zero-order valence-electron chi connectivity index (χ0n) is 9.85. The van der Waals surface area contributed by atoms with Crippen LogP contribution in [-0.4, -0.2) is 28.1 Å². The standard InChI is InChI=1S/C11H11ClN4O2/c1-6-3-4-7(12)5-8(6)16-10(13)9(14-15-16)11(17)18-2/h3-5H,13H2,1-2H3. The number of hydrogen-bond donors (Lipinski definition) is 1. The molecule has 6 nitrogen and oxygen atoms in total. The van der Waals surface area contributed by atoms with E-state index < -0.39 is 5.97 Å². The number of benzene rings is 1. The average molecular weight is 267 g/mol. The van der Waals surface area contributed by atoms with Crippen LogP contribution in [0.4, 0.5) is 5.82 Å². The molecule has 7 heteroatoms. The van der Waals surface area contributed by atoms with E-state index >= 15 is 0 Å². The predicted octanol–water partition coefficient (Wildman–Crippen LogP) is 1.60. The lowest BCUT2D eigenvalue weighted by Gasteiger charge is -2.07. The molecular formula is C11H11ClN4O2. The molecule has 0 saturated carbocycles. The monoisotopic (exact) mass is 266 g/mol. The Hall–Kier alpha value is -2.08. The molecule has 0 bridgehead atoms. The molecule has 0 aliphatic rings. The fourth-order valence-corrected chi connectivity index (χ4v) is 1.69. The highest BCUT2D eigenvalue weighted by molar-refractivity contribution is 6.30. The maximum Gasteiger partial charge on any atom is 0.362 e. The molecule has 1 aromatic heterocycles. The molecule has 0 aliphatic heterocycles. The molecule has 0 unspecified atom stereocenters. The van der Waals surface area contributed by atoms with E-state index in [0.717, 1.165) is 5.56 Å². The van der Waals surface area contributed by atoms with Crippen molar-refractivity contribution in [2.75, 3.05) is 12.8 Å². The zero-order chi connectivity index (χ0) is 13.3. The molecule has 1 heterocycles. The molecule has 2 N–H and O–H groups in total. The maximum absolute atomic E-state index is 11.4. The first-order valence-corrected chi connectivity index (χ1v) is 5.48. The summed E-state index contributed by atoms with van der Waals surface area (Å²) in [5.74, 6) is -0.509. The van der Waals surface area contributed by atoms with Crippen LogP contribution in [0, 0.1) is 6.92 Å². The molecule has 0 amide bonds. The molecule has 0 saturated heterocycles. The molecule has 18 heavy (non-hydrogen) atoms. The summed E-state index contributed by atoms with van der Waals surface area (Å²) in [6.45, 7) is 1.88. The Morgan fingerprint density at radius 1 is 1.50 bits per heavy atom. The number of rotatable bonds is 2. The number of halogens is 1. The van der Waals surface area contributed by atoms with Gasteiger partial charge in [-0.15, -0.1) is 5.10 Å². The molecule has 2 aromatic rings. The lowest BCUT2D eigenvalue weighted by Crippen LogP contribution is -2.08. The van der Waals surface area contributed by atoms with Crippen molar-refractivity contribution in [3.05, 3.63) is 34.5 Å². The molecule has 0 aliphatic carbocycles. The molecule has 94 valence electrons. The highest BCUT2D eigenvalue weighted by Crippen LogP contribution is 2.22. The van der Waals surface area contributed by atoms with Crippen LogP contribution < -0.4 is 5.73 Å². The zero-order valence-corrected chi connectivity index (χ0v) is 10.6. The van der Waals surface area contributed by atoms with Gasteiger partial charge in [-0.05, 0) is 24.6 Å². The van der Waals surface area contributed by atoms with Gasteiger partial charge < -0.3 is 10.5 Å². The van der Waals surface area contributed by atoms with E-state index in [1.807, 2.05) is 13.0 Å². The number of carbonyl (C=O) groups is 1. The number of aromatic nitrogens is 3. The fraction of sp³-hybridized carbons (Fsp3) is 0.182. The number of ether oxygens (including phenoxy) is 1. The summed E-state index contributed by atoms with van der Waals surface area (Å²) in [7, 11) is 1.26. The van der Waals surface area contributed by atoms with Crippen LogP contribution in [0.25, 0.3) is 5.69 Å². The third-order valence-corrected chi connectivity index (χ3v) is 2.72. The van der Waals surface area contributed by atoms with Gasteiger partial charge in [0.25, 0.3) is 0 Å². The van der Waals surface area contributed by atoms with Crippen LogP contribution >= 0.6 is 11.6 Å². The fourth-order valence-electron chi connectivity index (χ4n) is 1.52.